The molecule has 6 nitrogen and oxygen atoms in total. The fraction of sp³-hybridized carbons (Fsp3) is 0.167. The van der Waals surface area contributed by atoms with Crippen molar-refractivity contribution in [1.29, 1.82) is 0 Å². The number of benzene rings is 3. The maximum Gasteiger partial charge on any atom is 0.231 e. The van der Waals surface area contributed by atoms with Crippen molar-refractivity contribution in [2.75, 3.05) is 13.8 Å². The smallest absolute Gasteiger partial charge is 0.231 e. The van der Waals surface area contributed by atoms with Gasteiger partial charge in [0.25, 0.3) is 0 Å². The molecule has 5 rings (SSSR count). The molecule has 0 atom stereocenters. The van der Waals surface area contributed by atoms with Crippen LogP contribution in [0.15, 0.2) is 72.8 Å². The topological polar surface area (TPSA) is 44.5 Å². The fourth-order valence-electron chi connectivity index (χ4n) is 3.71. The van der Waals surface area contributed by atoms with Crippen molar-refractivity contribution in [1.82, 2.24) is 19.2 Å². The van der Waals surface area contributed by atoms with Crippen LogP contribution in [0.4, 0.5) is 0 Å². The third-order valence-corrected chi connectivity index (χ3v) is 5.87. The van der Waals surface area contributed by atoms with E-state index in [1.807, 2.05) is 89.1 Å². The minimum atomic E-state index is 0.230. The maximum absolute atomic E-state index is 6.01. The van der Waals surface area contributed by atoms with Gasteiger partial charge in [-0.1, -0.05) is 41.9 Å². The second kappa shape index (κ2) is 8.78. The minimum Gasteiger partial charge on any atom is -0.454 e. The van der Waals surface area contributed by atoms with Crippen molar-refractivity contribution in [2.45, 2.75) is 13.2 Å². The first kappa shape index (κ1) is 20.8. The zero-order valence-electron chi connectivity index (χ0n) is 17.4. The maximum atomic E-state index is 6.01. The van der Waals surface area contributed by atoms with Gasteiger partial charge in [0.05, 0.1) is 6.67 Å². The summed E-state index contributed by atoms with van der Waals surface area (Å²) in [5, 5.41) is 5.62. The molecular formula is C24H21ClN4O2S. The molecule has 0 unspecified atom stereocenters. The summed E-state index contributed by atoms with van der Waals surface area (Å²) in [6, 6.07) is 23.7. The van der Waals surface area contributed by atoms with Crippen LogP contribution >= 0.6 is 23.8 Å². The molecule has 1 aromatic heterocycles. The lowest BCUT2D eigenvalue weighted by molar-refractivity contribution is 0.174. The van der Waals surface area contributed by atoms with E-state index in [2.05, 4.69) is 4.90 Å². The van der Waals surface area contributed by atoms with Crippen LogP contribution in [0.3, 0.4) is 0 Å². The Balaban J connectivity index is 1.51. The highest BCUT2D eigenvalue weighted by Gasteiger charge is 2.19. The molecule has 0 aliphatic carbocycles. The first-order valence-electron chi connectivity index (χ1n) is 10.2. The Labute approximate surface area is 196 Å². The van der Waals surface area contributed by atoms with Crippen molar-refractivity contribution in [3.63, 3.8) is 0 Å². The van der Waals surface area contributed by atoms with Crippen LogP contribution in [0.1, 0.15) is 5.56 Å². The predicted molar refractivity (Wildman–Crippen MR) is 127 cm³/mol. The molecule has 1 aliphatic rings. The first-order valence-corrected chi connectivity index (χ1v) is 11.0. The number of hydrogen-bond donors (Lipinski definition) is 0. The number of nitrogens with zero attached hydrogens (tertiary/aromatic N) is 4. The molecule has 1 aliphatic heterocycles. The Hall–Kier alpha value is -3.13. The molecule has 0 radical (unpaired) electrons. The second-order valence-electron chi connectivity index (χ2n) is 7.63. The second-order valence-corrected chi connectivity index (χ2v) is 8.43. The Kier molecular flexibility index (Phi) is 5.70. The molecule has 0 amide bonds. The van der Waals surface area contributed by atoms with Crippen molar-refractivity contribution in [3.05, 3.63) is 88.2 Å². The van der Waals surface area contributed by atoms with Crippen molar-refractivity contribution >= 4 is 23.8 Å². The Morgan fingerprint density at radius 1 is 1.00 bits per heavy atom. The first-order chi connectivity index (χ1) is 15.6. The average Bonchev–Trinajstić information content (AvgIpc) is 3.40. The van der Waals surface area contributed by atoms with E-state index in [4.69, 9.17) is 38.4 Å². The summed E-state index contributed by atoms with van der Waals surface area (Å²) in [6.45, 7) is 1.52. The molecule has 2 heterocycles. The van der Waals surface area contributed by atoms with Gasteiger partial charge in [0.2, 0.25) is 11.6 Å². The highest BCUT2D eigenvalue weighted by molar-refractivity contribution is 7.71. The lowest BCUT2D eigenvalue weighted by atomic mass is 10.2. The zero-order valence-corrected chi connectivity index (χ0v) is 19.0. The van der Waals surface area contributed by atoms with Gasteiger partial charge in [0.1, 0.15) is 0 Å². The highest BCUT2D eigenvalue weighted by Crippen LogP contribution is 2.36. The summed E-state index contributed by atoms with van der Waals surface area (Å²) in [5.74, 6) is 2.20. The van der Waals surface area contributed by atoms with Gasteiger partial charge in [-0.15, -0.1) is 5.10 Å². The highest BCUT2D eigenvalue weighted by atomic mass is 35.5. The predicted octanol–water partition coefficient (Wildman–Crippen LogP) is 5.54. The summed E-state index contributed by atoms with van der Waals surface area (Å²) < 4.78 is 15.5. The van der Waals surface area contributed by atoms with Crippen LogP contribution in [0.5, 0.6) is 11.5 Å². The standard InChI is InChI=1S/C24H21ClN4O2S/c1-27(14-17-7-10-19(25)11-8-17)15-28-24(32)29(20-5-3-2-4-6-20)23(26-28)18-9-12-21-22(13-18)31-16-30-21/h2-13H,14-16H2,1H3. The van der Waals surface area contributed by atoms with Gasteiger partial charge in [-0.2, -0.15) is 0 Å². The molecule has 0 bridgehead atoms. The fourth-order valence-corrected chi connectivity index (χ4v) is 4.13. The van der Waals surface area contributed by atoms with E-state index in [-0.39, 0.29) is 6.79 Å². The van der Waals surface area contributed by atoms with E-state index >= 15 is 0 Å². The summed E-state index contributed by atoms with van der Waals surface area (Å²) in [6.07, 6.45) is 0. The Morgan fingerprint density at radius 3 is 2.53 bits per heavy atom. The summed E-state index contributed by atoms with van der Waals surface area (Å²) in [4.78, 5) is 2.16. The molecule has 0 fully saturated rings. The number of para-hydroxylation sites is 1. The number of hydrogen-bond acceptors (Lipinski definition) is 5. The molecule has 0 N–H and O–H groups in total. The van der Waals surface area contributed by atoms with Crippen molar-refractivity contribution < 1.29 is 9.47 Å². The third-order valence-electron chi connectivity index (χ3n) is 5.23. The average molecular weight is 465 g/mol. The lowest BCUT2D eigenvalue weighted by Gasteiger charge is -2.16. The number of ether oxygens (including phenoxy) is 2. The quantitative estimate of drug-likeness (QED) is 0.350. The molecule has 0 saturated carbocycles. The van der Waals surface area contributed by atoms with E-state index in [0.29, 0.717) is 17.2 Å². The Morgan fingerprint density at radius 2 is 1.75 bits per heavy atom. The van der Waals surface area contributed by atoms with Crippen LogP contribution in [-0.2, 0) is 13.2 Å². The summed E-state index contributed by atoms with van der Waals surface area (Å²) in [7, 11) is 2.04. The van der Waals surface area contributed by atoms with Gasteiger partial charge in [-0.05, 0) is 67.3 Å². The lowest BCUT2D eigenvalue weighted by Crippen LogP contribution is -2.22. The van der Waals surface area contributed by atoms with E-state index in [1.54, 1.807) is 0 Å². The van der Waals surface area contributed by atoms with Crippen molar-refractivity contribution in [3.8, 4) is 28.6 Å². The van der Waals surface area contributed by atoms with E-state index in [9.17, 15) is 0 Å². The number of aromatic nitrogens is 3. The molecular weight excluding hydrogens is 444 g/mol. The number of fused-ring (bicyclic) bond motifs is 1. The number of halogens is 1. The zero-order chi connectivity index (χ0) is 22.1. The van der Waals surface area contributed by atoms with Crippen LogP contribution in [0.2, 0.25) is 5.02 Å². The van der Waals surface area contributed by atoms with E-state index in [0.717, 1.165) is 34.4 Å². The van der Waals surface area contributed by atoms with Gasteiger partial charge >= 0.3 is 0 Å². The molecule has 0 spiro atoms. The number of rotatable bonds is 6. The minimum absolute atomic E-state index is 0.230. The van der Waals surface area contributed by atoms with Crippen LogP contribution < -0.4 is 9.47 Å². The van der Waals surface area contributed by atoms with Gasteiger partial charge in [-0.25, -0.2) is 4.68 Å². The monoisotopic (exact) mass is 464 g/mol. The molecule has 32 heavy (non-hydrogen) atoms. The normalized spacial score (nSPS) is 12.5. The van der Waals surface area contributed by atoms with E-state index < -0.39 is 0 Å². The van der Waals surface area contributed by atoms with Gasteiger partial charge in [0.15, 0.2) is 17.3 Å². The molecule has 4 aromatic rings. The van der Waals surface area contributed by atoms with Crippen LogP contribution in [0, 0.1) is 4.77 Å². The third kappa shape index (κ3) is 4.14. The summed E-state index contributed by atoms with van der Waals surface area (Å²) in [5.41, 5.74) is 3.03. The molecule has 162 valence electrons. The van der Waals surface area contributed by atoms with Gasteiger partial charge in [0, 0.05) is 22.8 Å². The molecule has 3 aromatic carbocycles. The van der Waals surface area contributed by atoms with Crippen LogP contribution in [0.25, 0.3) is 17.1 Å². The van der Waals surface area contributed by atoms with Crippen LogP contribution in [-0.4, -0.2) is 33.1 Å². The van der Waals surface area contributed by atoms with Crippen molar-refractivity contribution in [2.24, 2.45) is 0 Å². The largest absolute Gasteiger partial charge is 0.454 e. The molecule has 0 saturated heterocycles. The van der Waals surface area contributed by atoms with Gasteiger partial charge < -0.3 is 9.47 Å². The molecule has 8 heteroatoms. The Bertz CT molecular complexity index is 1300. The van der Waals surface area contributed by atoms with Gasteiger partial charge in [-0.3, -0.25) is 9.47 Å². The van der Waals surface area contributed by atoms with E-state index in [1.165, 1.54) is 5.56 Å². The summed E-state index contributed by atoms with van der Waals surface area (Å²) >= 11 is 11.9. The SMILES string of the molecule is CN(Cc1ccc(Cl)cc1)Cn1nc(-c2ccc3c(c2)OCO3)n(-c2ccccc2)c1=S.